The molecule has 3 amide bonds. The first-order valence-electron chi connectivity index (χ1n) is 11.9. The summed E-state index contributed by atoms with van der Waals surface area (Å²) in [5.41, 5.74) is 2.02. The highest BCUT2D eigenvalue weighted by Gasteiger charge is 2.31. The number of benzene rings is 1. The molecule has 1 aliphatic rings. The van der Waals surface area contributed by atoms with Gasteiger partial charge in [-0.2, -0.15) is 5.10 Å². The largest absolute Gasteiger partial charge is 0.451 e. The topological polar surface area (TPSA) is 118 Å². The molecule has 0 unspecified atom stereocenters. The van der Waals surface area contributed by atoms with E-state index in [0.29, 0.717) is 18.0 Å². The molecule has 4 rings (SSSR count). The summed E-state index contributed by atoms with van der Waals surface area (Å²) in [6, 6.07) is 12.0. The Morgan fingerprint density at radius 3 is 2.60 bits per heavy atom. The third kappa shape index (κ3) is 5.98. The molecule has 2 aromatic heterocycles. The molecule has 1 aromatic carbocycles. The second kappa shape index (κ2) is 11.0. The number of furan rings is 1. The van der Waals surface area contributed by atoms with Gasteiger partial charge in [0.05, 0.1) is 0 Å². The maximum absolute atomic E-state index is 12.9. The molecule has 0 bridgehead atoms. The number of nitrogens with one attached hydrogen (secondary N) is 3. The van der Waals surface area contributed by atoms with Crippen LogP contribution < -0.4 is 16.0 Å². The Labute approximate surface area is 204 Å². The van der Waals surface area contributed by atoms with Gasteiger partial charge in [-0.25, -0.2) is 0 Å². The van der Waals surface area contributed by atoms with Gasteiger partial charge in [0.25, 0.3) is 11.8 Å². The Morgan fingerprint density at radius 2 is 1.89 bits per heavy atom. The molecule has 184 valence electrons. The van der Waals surface area contributed by atoms with Crippen LogP contribution in [0, 0.1) is 5.92 Å². The first-order chi connectivity index (χ1) is 16.9. The Kier molecular flexibility index (Phi) is 7.64. The Hall–Kier alpha value is -3.88. The number of amides is 3. The van der Waals surface area contributed by atoms with Gasteiger partial charge < -0.3 is 20.4 Å². The van der Waals surface area contributed by atoms with E-state index in [-0.39, 0.29) is 23.5 Å². The average molecular weight is 478 g/mol. The van der Waals surface area contributed by atoms with Crippen molar-refractivity contribution < 1.29 is 18.8 Å². The molecule has 35 heavy (non-hydrogen) atoms. The fourth-order valence-corrected chi connectivity index (χ4v) is 4.49. The van der Waals surface area contributed by atoms with Crippen LogP contribution in [0.2, 0.25) is 0 Å². The van der Waals surface area contributed by atoms with Crippen LogP contribution in [0.5, 0.6) is 0 Å². The van der Waals surface area contributed by atoms with Crippen LogP contribution >= 0.6 is 0 Å². The normalized spacial score (nSPS) is 14.8. The molecule has 1 saturated carbocycles. The van der Waals surface area contributed by atoms with Crippen molar-refractivity contribution in [1.29, 1.82) is 0 Å². The van der Waals surface area contributed by atoms with E-state index in [0.717, 1.165) is 36.8 Å². The Balaban J connectivity index is 1.41. The van der Waals surface area contributed by atoms with Gasteiger partial charge in [-0.05, 0) is 48.6 Å². The molecule has 0 aliphatic heterocycles. The van der Waals surface area contributed by atoms with Gasteiger partial charge in [-0.15, -0.1) is 0 Å². The first kappa shape index (κ1) is 24.3. The average Bonchev–Trinajstić information content (AvgIpc) is 3.56. The van der Waals surface area contributed by atoms with Crippen LogP contribution in [0.15, 0.2) is 53.1 Å². The minimum Gasteiger partial charge on any atom is -0.451 e. The summed E-state index contributed by atoms with van der Waals surface area (Å²) in [5, 5.41) is 12.5. The lowest BCUT2D eigenvalue weighted by Crippen LogP contribution is -2.50. The van der Waals surface area contributed by atoms with Crippen LogP contribution in [0.4, 0.5) is 0 Å². The van der Waals surface area contributed by atoms with E-state index in [4.69, 9.17) is 4.42 Å². The van der Waals surface area contributed by atoms with Crippen molar-refractivity contribution in [2.45, 2.75) is 44.7 Å². The van der Waals surface area contributed by atoms with Gasteiger partial charge in [-0.3, -0.25) is 19.1 Å². The number of nitrogens with zero attached hydrogens (tertiary/aromatic N) is 2. The summed E-state index contributed by atoms with van der Waals surface area (Å²) in [6.45, 7) is 0.326. The number of rotatable bonds is 8. The molecule has 2 heterocycles. The van der Waals surface area contributed by atoms with Crippen molar-refractivity contribution in [2.24, 2.45) is 13.0 Å². The van der Waals surface area contributed by atoms with Crippen LogP contribution in [0.3, 0.4) is 0 Å². The quantitative estimate of drug-likeness (QED) is 0.461. The molecule has 0 saturated heterocycles. The van der Waals surface area contributed by atoms with E-state index in [9.17, 15) is 14.4 Å². The van der Waals surface area contributed by atoms with Crippen LogP contribution in [-0.4, -0.2) is 40.6 Å². The summed E-state index contributed by atoms with van der Waals surface area (Å²) in [4.78, 5) is 37.6. The van der Waals surface area contributed by atoms with Crippen LogP contribution in [0.1, 0.15) is 58.7 Å². The van der Waals surface area contributed by atoms with Gasteiger partial charge in [0.1, 0.15) is 17.5 Å². The minimum atomic E-state index is -0.576. The molecule has 1 aliphatic carbocycles. The molecule has 9 nitrogen and oxygen atoms in total. The highest BCUT2D eigenvalue weighted by atomic mass is 16.4. The molecule has 0 spiro atoms. The fourth-order valence-electron chi connectivity index (χ4n) is 4.49. The van der Waals surface area contributed by atoms with E-state index in [1.54, 1.807) is 43.2 Å². The number of likely N-dealkylation sites (N-methyl/N-ethyl adjacent to an activating group) is 1. The predicted octanol–water partition coefficient (Wildman–Crippen LogP) is 3.03. The Bertz CT molecular complexity index is 1190. The first-order valence-corrected chi connectivity index (χ1v) is 11.9. The molecular weight excluding hydrogens is 446 g/mol. The van der Waals surface area contributed by atoms with E-state index in [1.807, 2.05) is 24.3 Å². The Morgan fingerprint density at radius 1 is 1.09 bits per heavy atom. The standard InChI is InChI=1S/C26H31N5O4/c1-27-26(34)23(18-8-4-3-5-9-18)29-25(33)22-12-11-21(35-22)19-10-6-7-17(15-19)16-28-24(32)20-13-14-31(2)30-20/h6-7,10-15,18,23H,3-5,8-9,16H2,1-2H3,(H,27,34)(H,28,32)(H,29,33)/t23-/m0/s1. The van der Waals surface area contributed by atoms with Crippen molar-refractivity contribution in [3.8, 4) is 11.3 Å². The van der Waals surface area contributed by atoms with Gasteiger partial charge in [0.2, 0.25) is 5.91 Å². The highest BCUT2D eigenvalue weighted by Crippen LogP contribution is 2.27. The maximum Gasteiger partial charge on any atom is 0.287 e. The van der Waals surface area contributed by atoms with E-state index in [1.165, 1.54) is 6.42 Å². The summed E-state index contributed by atoms with van der Waals surface area (Å²) < 4.78 is 7.42. The second-order valence-electron chi connectivity index (χ2n) is 8.89. The van der Waals surface area contributed by atoms with Gasteiger partial charge in [-0.1, -0.05) is 37.5 Å². The second-order valence-corrected chi connectivity index (χ2v) is 8.89. The number of carbonyl (C=O) groups excluding carboxylic acids is 3. The van der Waals surface area contributed by atoms with Crippen molar-refractivity contribution in [3.63, 3.8) is 0 Å². The predicted molar refractivity (Wildman–Crippen MR) is 130 cm³/mol. The van der Waals surface area contributed by atoms with Gasteiger partial charge >= 0.3 is 0 Å². The molecule has 1 fully saturated rings. The number of carbonyl (C=O) groups is 3. The van der Waals surface area contributed by atoms with Crippen LogP contribution in [0.25, 0.3) is 11.3 Å². The number of hydrogen-bond acceptors (Lipinski definition) is 5. The zero-order valence-electron chi connectivity index (χ0n) is 20.0. The molecular formula is C26H31N5O4. The molecule has 9 heteroatoms. The van der Waals surface area contributed by atoms with E-state index < -0.39 is 11.9 Å². The summed E-state index contributed by atoms with van der Waals surface area (Å²) in [6.07, 6.45) is 6.86. The monoisotopic (exact) mass is 477 g/mol. The number of aromatic nitrogens is 2. The lowest BCUT2D eigenvalue weighted by molar-refractivity contribution is -0.124. The molecule has 3 aromatic rings. The third-order valence-electron chi connectivity index (χ3n) is 6.38. The molecule has 3 N–H and O–H groups in total. The maximum atomic E-state index is 12.9. The van der Waals surface area contributed by atoms with Crippen molar-refractivity contribution in [2.75, 3.05) is 7.05 Å². The SMILES string of the molecule is CNC(=O)[C@@H](NC(=O)c1ccc(-c2cccc(CNC(=O)c3ccn(C)n3)c2)o1)C1CCCCC1. The third-order valence-corrected chi connectivity index (χ3v) is 6.38. The van der Waals surface area contributed by atoms with E-state index >= 15 is 0 Å². The lowest BCUT2D eigenvalue weighted by atomic mass is 9.83. The number of hydrogen-bond donors (Lipinski definition) is 3. The van der Waals surface area contributed by atoms with Crippen molar-refractivity contribution >= 4 is 17.7 Å². The zero-order chi connectivity index (χ0) is 24.8. The van der Waals surface area contributed by atoms with Crippen LogP contribution in [-0.2, 0) is 18.4 Å². The summed E-state index contributed by atoms with van der Waals surface area (Å²) in [5.74, 6) is -0.0379. The fraction of sp³-hybridized carbons (Fsp3) is 0.385. The number of aryl methyl sites for hydroxylation is 1. The summed E-state index contributed by atoms with van der Waals surface area (Å²) >= 11 is 0. The highest BCUT2D eigenvalue weighted by molar-refractivity contribution is 5.96. The molecule has 0 radical (unpaired) electrons. The summed E-state index contributed by atoms with van der Waals surface area (Å²) in [7, 11) is 3.34. The molecule has 1 atom stereocenters. The minimum absolute atomic E-state index is 0.125. The van der Waals surface area contributed by atoms with Gasteiger partial charge in [0.15, 0.2) is 5.76 Å². The smallest absolute Gasteiger partial charge is 0.287 e. The van der Waals surface area contributed by atoms with Crippen molar-refractivity contribution in [1.82, 2.24) is 25.7 Å². The zero-order valence-corrected chi connectivity index (χ0v) is 20.0. The van der Waals surface area contributed by atoms with Crippen molar-refractivity contribution in [3.05, 3.63) is 65.7 Å². The van der Waals surface area contributed by atoms with Gasteiger partial charge in [0, 0.05) is 32.4 Å². The lowest BCUT2D eigenvalue weighted by Gasteiger charge is -2.29. The van der Waals surface area contributed by atoms with E-state index in [2.05, 4.69) is 21.0 Å².